The second-order valence-electron chi connectivity index (χ2n) is 9.89. The van der Waals surface area contributed by atoms with Crippen LogP contribution in [0.5, 0.6) is 11.5 Å². The van der Waals surface area contributed by atoms with Gasteiger partial charge in [-0.1, -0.05) is 65.4 Å². The smallest absolute Gasteiger partial charge is 0.255 e. The van der Waals surface area contributed by atoms with Gasteiger partial charge in [0, 0.05) is 17.1 Å². The van der Waals surface area contributed by atoms with Crippen LogP contribution in [0.4, 0.5) is 11.6 Å². The highest BCUT2D eigenvalue weighted by molar-refractivity contribution is 7.98. The molecule has 1 aliphatic rings. The fourth-order valence-corrected chi connectivity index (χ4v) is 5.68. The number of nitrogens with one attached hydrogen (secondary N) is 2. The summed E-state index contributed by atoms with van der Waals surface area (Å²) in [6.07, 6.45) is 0. The lowest BCUT2D eigenvalue weighted by molar-refractivity contribution is -0.113. The summed E-state index contributed by atoms with van der Waals surface area (Å²) in [5, 5.41) is 11.9. The Kier molecular flexibility index (Phi) is 7.84. The summed E-state index contributed by atoms with van der Waals surface area (Å²) >= 11 is 1.56. The van der Waals surface area contributed by atoms with E-state index in [4.69, 9.17) is 19.6 Å². The molecule has 1 atom stereocenters. The summed E-state index contributed by atoms with van der Waals surface area (Å²) in [4.78, 5) is 18.7. The SMILES string of the molecule is COc1ccc(C2C(C(=O)Nc3ccc(C)cc3C)=C(C)Nc3nc(SCc4cccc(C)c4)nn32)cc1OC. The van der Waals surface area contributed by atoms with Gasteiger partial charge in [0.05, 0.1) is 19.8 Å². The number of hydrogen-bond donors (Lipinski definition) is 2. The topological polar surface area (TPSA) is 90.3 Å². The van der Waals surface area contributed by atoms with Crippen molar-refractivity contribution in [2.75, 3.05) is 24.9 Å². The number of allylic oxidation sites excluding steroid dienone is 1. The molecule has 8 nitrogen and oxygen atoms in total. The molecule has 1 aliphatic heterocycles. The summed E-state index contributed by atoms with van der Waals surface area (Å²) in [7, 11) is 3.20. The van der Waals surface area contributed by atoms with Crippen molar-refractivity contribution >= 4 is 29.3 Å². The number of carbonyl (C=O) groups is 1. The predicted octanol–water partition coefficient (Wildman–Crippen LogP) is 6.44. The molecule has 0 fully saturated rings. The molecule has 9 heteroatoms. The lowest BCUT2D eigenvalue weighted by Crippen LogP contribution is -2.31. The number of rotatable bonds is 8. The van der Waals surface area contributed by atoms with Gasteiger partial charge in [-0.2, -0.15) is 4.98 Å². The van der Waals surface area contributed by atoms with Crippen LogP contribution in [-0.4, -0.2) is 34.9 Å². The third-order valence-corrected chi connectivity index (χ3v) is 7.79. The van der Waals surface area contributed by atoms with Crippen LogP contribution < -0.4 is 20.1 Å². The van der Waals surface area contributed by atoms with Gasteiger partial charge in [-0.3, -0.25) is 4.79 Å². The number of carbonyl (C=O) groups excluding carboxylic acids is 1. The molecule has 5 rings (SSSR count). The summed E-state index contributed by atoms with van der Waals surface area (Å²) in [5.74, 6) is 2.27. The number of thioether (sulfide) groups is 1. The summed E-state index contributed by atoms with van der Waals surface area (Å²) < 4.78 is 12.8. The Bertz CT molecular complexity index is 1610. The Morgan fingerprint density at radius 2 is 1.75 bits per heavy atom. The number of ether oxygens (including phenoxy) is 2. The fraction of sp³-hybridized carbons (Fsp3) is 0.258. The van der Waals surface area contributed by atoms with Gasteiger partial charge in [0.15, 0.2) is 11.5 Å². The molecule has 3 aromatic carbocycles. The average Bonchev–Trinajstić information content (AvgIpc) is 3.34. The van der Waals surface area contributed by atoms with Gasteiger partial charge in [0.25, 0.3) is 5.91 Å². The van der Waals surface area contributed by atoms with Crippen molar-refractivity contribution in [3.63, 3.8) is 0 Å². The third kappa shape index (κ3) is 5.56. The van der Waals surface area contributed by atoms with E-state index in [1.165, 1.54) is 11.1 Å². The van der Waals surface area contributed by atoms with Crippen molar-refractivity contribution in [2.24, 2.45) is 0 Å². The third-order valence-electron chi connectivity index (χ3n) is 6.88. The second-order valence-corrected chi connectivity index (χ2v) is 10.8. The maximum absolute atomic E-state index is 13.9. The highest BCUT2D eigenvalue weighted by Gasteiger charge is 2.35. The quantitative estimate of drug-likeness (QED) is 0.242. The van der Waals surface area contributed by atoms with E-state index in [0.717, 1.165) is 28.1 Å². The standard InChI is InChI=1S/C31H33N5O3S/c1-18-8-7-9-22(15-18)17-40-31-34-30-32-21(4)27(29(37)33-24-12-10-19(2)14-20(24)3)28(36(30)35-31)23-11-13-25(38-5)26(16-23)39-6/h7-16,28H,17H2,1-6H3,(H,33,37)(H,32,34,35). The monoisotopic (exact) mass is 555 g/mol. The first-order valence-corrected chi connectivity index (χ1v) is 14.0. The molecule has 0 bridgehead atoms. The number of anilines is 2. The van der Waals surface area contributed by atoms with Crippen molar-refractivity contribution < 1.29 is 14.3 Å². The van der Waals surface area contributed by atoms with Crippen molar-refractivity contribution in [1.29, 1.82) is 0 Å². The van der Waals surface area contributed by atoms with Crippen LogP contribution in [0.1, 0.15) is 40.8 Å². The van der Waals surface area contributed by atoms with Gasteiger partial charge in [0.2, 0.25) is 11.1 Å². The van der Waals surface area contributed by atoms with E-state index in [1.807, 2.05) is 51.1 Å². The molecule has 40 heavy (non-hydrogen) atoms. The van der Waals surface area contributed by atoms with Gasteiger partial charge in [-0.15, -0.1) is 5.10 Å². The molecule has 2 heterocycles. The van der Waals surface area contributed by atoms with Crippen LogP contribution in [-0.2, 0) is 10.5 Å². The van der Waals surface area contributed by atoms with E-state index in [0.29, 0.717) is 33.9 Å². The van der Waals surface area contributed by atoms with E-state index in [2.05, 4.69) is 47.9 Å². The summed E-state index contributed by atoms with van der Waals surface area (Å²) in [6, 6.07) is 19.5. The number of aryl methyl sites for hydroxylation is 3. The van der Waals surface area contributed by atoms with Crippen molar-refractivity contribution in [2.45, 2.75) is 44.6 Å². The Morgan fingerprint density at radius 1 is 0.975 bits per heavy atom. The van der Waals surface area contributed by atoms with Crippen LogP contribution in [0.15, 0.2) is 77.1 Å². The molecule has 0 saturated heterocycles. The van der Waals surface area contributed by atoms with E-state index in [-0.39, 0.29) is 5.91 Å². The zero-order valence-corrected chi connectivity index (χ0v) is 24.3. The normalized spacial score (nSPS) is 14.4. The zero-order valence-electron chi connectivity index (χ0n) is 23.5. The Hall–Kier alpha value is -4.24. The lowest BCUT2D eigenvalue weighted by atomic mass is 9.94. The molecule has 1 aromatic heterocycles. The van der Waals surface area contributed by atoms with Gasteiger partial charge < -0.3 is 20.1 Å². The maximum atomic E-state index is 13.9. The summed E-state index contributed by atoms with van der Waals surface area (Å²) in [5.41, 5.74) is 7.38. The molecule has 206 valence electrons. The van der Waals surface area contributed by atoms with Gasteiger partial charge in [-0.25, -0.2) is 4.68 Å². The second kappa shape index (κ2) is 11.5. The van der Waals surface area contributed by atoms with Crippen LogP contribution in [0.3, 0.4) is 0 Å². The molecule has 0 spiro atoms. The number of aromatic nitrogens is 3. The van der Waals surface area contributed by atoms with E-state index < -0.39 is 6.04 Å². The molecule has 0 aliphatic carbocycles. The lowest BCUT2D eigenvalue weighted by Gasteiger charge is -2.29. The van der Waals surface area contributed by atoms with Crippen LogP contribution >= 0.6 is 11.8 Å². The first kappa shape index (κ1) is 27.3. The number of hydrogen-bond acceptors (Lipinski definition) is 7. The molecule has 0 radical (unpaired) electrons. The number of benzene rings is 3. The summed E-state index contributed by atoms with van der Waals surface area (Å²) in [6.45, 7) is 7.99. The zero-order chi connectivity index (χ0) is 28.4. The Balaban J connectivity index is 1.53. The highest BCUT2D eigenvalue weighted by Crippen LogP contribution is 2.40. The van der Waals surface area contributed by atoms with E-state index in [1.54, 1.807) is 30.7 Å². The molecule has 0 saturated carbocycles. The molecular formula is C31H33N5O3S. The molecule has 4 aromatic rings. The number of methoxy groups -OCH3 is 2. The maximum Gasteiger partial charge on any atom is 0.255 e. The molecular weight excluding hydrogens is 522 g/mol. The largest absolute Gasteiger partial charge is 0.493 e. The van der Waals surface area contributed by atoms with Crippen molar-refractivity contribution in [3.05, 3.63) is 99.8 Å². The number of nitrogens with zero attached hydrogens (tertiary/aromatic N) is 3. The molecule has 2 N–H and O–H groups in total. The molecule has 1 unspecified atom stereocenters. The average molecular weight is 556 g/mol. The minimum Gasteiger partial charge on any atom is -0.493 e. The van der Waals surface area contributed by atoms with Crippen LogP contribution in [0, 0.1) is 20.8 Å². The van der Waals surface area contributed by atoms with Gasteiger partial charge in [-0.05, 0) is 62.6 Å². The predicted molar refractivity (Wildman–Crippen MR) is 159 cm³/mol. The van der Waals surface area contributed by atoms with E-state index in [9.17, 15) is 4.79 Å². The van der Waals surface area contributed by atoms with Crippen molar-refractivity contribution in [1.82, 2.24) is 14.8 Å². The van der Waals surface area contributed by atoms with Gasteiger partial charge in [0.1, 0.15) is 6.04 Å². The Morgan fingerprint density at radius 3 is 2.48 bits per heavy atom. The number of amides is 1. The van der Waals surface area contributed by atoms with Crippen molar-refractivity contribution in [3.8, 4) is 11.5 Å². The van der Waals surface area contributed by atoms with Gasteiger partial charge >= 0.3 is 0 Å². The highest BCUT2D eigenvalue weighted by atomic mass is 32.2. The first-order chi connectivity index (χ1) is 19.3. The minimum atomic E-state index is -0.539. The number of fused-ring (bicyclic) bond motifs is 1. The Labute approximate surface area is 238 Å². The first-order valence-electron chi connectivity index (χ1n) is 13.0. The fourth-order valence-electron chi connectivity index (χ4n) is 4.91. The van der Waals surface area contributed by atoms with Crippen LogP contribution in [0.25, 0.3) is 0 Å². The molecule has 1 amide bonds. The minimum absolute atomic E-state index is 0.216. The van der Waals surface area contributed by atoms with Crippen LogP contribution in [0.2, 0.25) is 0 Å². The van der Waals surface area contributed by atoms with E-state index >= 15 is 0 Å².